The topological polar surface area (TPSA) is 72.5 Å². The zero-order valence-corrected chi connectivity index (χ0v) is 11.6. The molecule has 0 aliphatic heterocycles. The Kier molecular flexibility index (Phi) is 3.11. The fraction of sp³-hybridized carbons (Fsp3) is 0.154. The number of fused-ring (bicyclic) bond motifs is 1. The van der Waals surface area contributed by atoms with Gasteiger partial charge in [-0.2, -0.15) is 9.38 Å². The molecule has 102 valence electrons. The number of imidazole rings is 1. The lowest BCUT2D eigenvalue weighted by Gasteiger charge is -2.06. The van der Waals surface area contributed by atoms with Crippen molar-refractivity contribution >= 4 is 27.9 Å². The van der Waals surface area contributed by atoms with E-state index in [0.29, 0.717) is 17.3 Å². The highest BCUT2D eigenvalue weighted by molar-refractivity contribution is 7.15. The van der Waals surface area contributed by atoms with E-state index in [4.69, 9.17) is 0 Å². The maximum Gasteiger partial charge on any atom is 0.372 e. The third-order valence-electron chi connectivity index (χ3n) is 3.12. The molecule has 20 heavy (non-hydrogen) atoms. The zero-order chi connectivity index (χ0) is 14.1. The Hall–Kier alpha value is -2.41. The Morgan fingerprint density at radius 1 is 1.45 bits per heavy atom. The summed E-state index contributed by atoms with van der Waals surface area (Å²) in [4.78, 5) is 15.7. The van der Waals surface area contributed by atoms with E-state index in [1.165, 1.54) is 15.7 Å². The zero-order valence-electron chi connectivity index (χ0n) is 10.7. The molecule has 0 saturated carbocycles. The fourth-order valence-electron chi connectivity index (χ4n) is 2.05. The molecule has 0 unspecified atom stereocenters. The number of nitro groups is 1. The number of nitrogens with zero attached hydrogens (tertiary/aromatic N) is 3. The van der Waals surface area contributed by atoms with Crippen LogP contribution < -0.4 is 5.32 Å². The molecule has 1 aromatic carbocycles. The first-order valence-electron chi connectivity index (χ1n) is 6.05. The monoisotopic (exact) mass is 288 g/mol. The van der Waals surface area contributed by atoms with Crippen LogP contribution in [0, 0.1) is 17.0 Å². The smallest absolute Gasteiger partial charge is 0.359 e. The molecule has 0 spiro atoms. The summed E-state index contributed by atoms with van der Waals surface area (Å²) in [5, 5.41) is 16.0. The van der Waals surface area contributed by atoms with Crippen LogP contribution in [-0.2, 0) is 6.54 Å². The molecule has 0 bridgehead atoms. The molecule has 0 amide bonds. The van der Waals surface area contributed by atoms with Crippen molar-refractivity contribution < 1.29 is 4.92 Å². The van der Waals surface area contributed by atoms with Crippen molar-refractivity contribution in [1.29, 1.82) is 0 Å². The van der Waals surface area contributed by atoms with Crippen LogP contribution in [0.25, 0.3) is 4.96 Å². The van der Waals surface area contributed by atoms with Crippen molar-refractivity contribution in [3.05, 3.63) is 57.1 Å². The van der Waals surface area contributed by atoms with E-state index in [1.54, 1.807) is 11.6 Å². The lowest BCUT2D eigenvalue weighted by molar-refractivity contribution is -0.389. The Balaban J connectivity index is 1.91. The summed E-state index contributed by atoms with van der Waals surface area (Å²) < 4.78 is 1.49. The molecule has 0 fully saturated rings. The first-order valence-corrected chi connectivity index (χ1v) is 6.93. The Bertz CT molecular complexity index is 778. The van der Waals surface area contributed by atoms with E-state index >= 15 is 0 Å². The number of benzene rings is 1. The number of aryl methyl sites for hydroxylation is 1. The van der Waals surface area contributed by atoms with Gasteiger partial charge in [-0.15, -0.1) is 0 Å². The highest BCUT2D eigenvalue weighted by Crippen LogP contribution is 2.28. The number of aromatic nitrogens is 2. The molecule has 1 N–H and O–H groups in total. The van der Waals surface area contributed by atoms with Crippen LogP contribution in [0.3, 0.4) is 0 Å². The van der Waals surface area contributed by atoms with Gasteiger partial charge in [0.05, 0.1) is 0 Å². The van der Waals surface area contributed by atoms with E-state index in [1.807, 2.05) is 31.2 Å². The number of anilines is 1. The first-order chi connectivity index (χ1) is 9.66. The molecule has 0 radical (unpaired) electrons. The van der Waals surface area contributed by atoms with Crippen LogP contribution in [0.15, 0.2) is 35.8 Å². The lowest BCUT2D eigenvalue weighted by Crippen LogP contribution is -2.04. The van der Waals surface area contributed by atoms with Gasteiger partial charge in [0.25, 0.3) is 4.96 Å². The van der Waals surface area contributed by atoms with Crippen LogP contribution in [0.1, 0.15) is 11.1 Å². The van der Waals surface area contributed by atoms with Crippen molar-refractivity contribution in [2.75, 3.05) is 5.32 Å². The molecule has 2 heterocycles. The number of nitrogens with one attached hydrogen (secondary N) is 1. The van der Waals surface area contributed by atoms with Gasteiger partial charge in [0, 0.05) is 11.9 Å². The van der Waals surface area contributed by atoms with E-state index in [-0.39, 0.29) is 5.82 Å². The summed E-state index contributed by atoms with van der Waals surface area (Å²) in [6, 6.07) is 7.92. The molecule has 2 aromatic heterocycles. The number of thiazole rings is 1. The van der Waals surface area contributed by atoms with Gasteiger partial charge in [0.2, 0.25) is 5.82 Å². The van der Waals surface area contributed by atoms with Crippen LogP contribution in [0.2, 0.25) is 0 Å². The van der Waals surface area contributed by atoms with Crippen LogP contribution in [-0.4, -0.2) is 14.3 Å². The standard InChI is InChI=1S/C13H12N4O2S/c1-9-4-2-3-5-10(9)8-14-11-12(17(18)19)16-6-7-20-13(16)15-11/h2-7,14H,8H2,1H3. The highest BCUT2D eigenvalue weighted by atomic mass is 32.1. The minimum Gasteiger partial charge on any atom is -0.359 e. The van der Waals surface area contributed by atoms with Gasteiger partial charge in [-0.3, -0.25) is 0 Å². The van der Waals surface area contributed by atoms with Gasteiger partial charge in [-0.05, 0) is 23.0 Å². The summed E-state index contributed by atoms with van der Waals surface area (Å²) in [6.45, 7) is 2.52. The SMILES string of the molecule is Cc1ccccc1CNc1nc2sccn2c1[N+](=O)[O-]. The van der Waals surface area contributed by atoms with Gasteiger partial charge >= 0.3 is 5.82 Å². The molecular weight excluding hydrogens is 276 g/mol. The van der Waals surface area contributed by atoms with E-state index in [0.717, 1.165) is 11.1 Å². The quantitative estimate of drug-likeness (QED) is 0.591. The minimum absolute atomic E-state index is 0.0187. The number of hydrogen-bond donors (Lipinski definition) is 1. The summed E-state index contributed by atoms with van der Waals surface area (Å²) in [5.41, 5.74) is 2.24. The highest BCUT2D eigenvalue weighted by Gasteiger charge is 2.23. The third-order valence-corrected chi connectivity index (χ3v) is 3.87. The van der Waals surface area contributed by atoms with Crippen LogP contribution in [0.5, 0.6) is 0 Å². The van der Waals surface area contributed by atoms with Crippen molar-refractivity contribution in [2.45, 2.75) is 13.5 Å². The molecule has 7 heteroatoms. The van der Waals surface area contributed by atoms with Gasteiger partial charge in [-0.25, -0.2) is 0 Å². The predicted molar refractivity (Wildman–Crippen MR) is 78.2 cm³/mol. The van der Waals surface area contributed by atoms with Crippen molar-refractivity contribution in [1.82, 2.24) is 9.38 Å². The normalized spacial score (nSPS) is 10.8. The molecule has 3 rings (SSSR count). The second-order valence-electron chi connectivity index (χ2n) is 4.38. The third kappa shape index (κ3) is 2.12. The summed E-state index contributed by atoms with van der Waals surface area (Å²) in [6.07, 6.45) is 1.66. The fourth-order valence-corrected chi connectivity index (χ4v) is 2.76. The molecule has 6 nitrogen and oxygen atoms in total. The van der Waals surface area contributed by atoms with Crippen molar-refractivity contribution in [2.24, 2.45) is 0 Å². The Labute approximate surface area is 118 Å². The van der Waals surface area contributed by atoms with E-state index in [2.05, 4.69) is 10.3 Å². The molecule has 0 aliphatic rings. The number of rotatable bonds is 4. The van der Waals surface area contributed by atoms with Crippen LogP contribution >= 0.6 is 11.3 Å². The summed E-state index contributed by atoms with van der Waals surface area (Å²) in [5.74, 6) is 0.292. The average molecular weight is 288 g/mol. The first kappa shape index (κ1) is 12.6. The van der Waals surface area contributed by atoms with Gasteiger partial charge in [0.15, 0.2) is 0 Å². The van der Waals surface area contributed by atoms with E-state index in [9.17, 15) is 10.1 Å². The van der Waals surface area contributed by atoms with Crippen molar-refractivity contribution in [3.8, 4) is 0 Å². The number of hydrogen-bond acceptors (Lipinski definition) is 5. The predicted octanol–water partition coefficient (Wildman–Crippen LogP) is 3.22. The summed E-state index contributed by atoms with van der Waals surface area (Å²) in [7, 11) is 0. The maximum absolute atomic E-state index is 11.2. The van der Waals surface area contributed by atoms with E-state index < -0.39 is 4.92 Å². The molecule has 0 aliphatic carbocycles. The Morgan fingerprint density at radius 2 is 2.25 bits per heavy atom. The second-order valence-corrected chi connectivity index (χ2v) is 5.25. The van der Waals surface area contributed by atoms with Gasteiger partial charge < -0.3 is 15.4 Å². The average Bonchev–Trinajstić information content (AvgIpc) is 2.97. The molecular formula is C13H12N4O2S. The van der Waals surface area contributed by atoms with Gasteiger partial charge in [-0.1, -0.05) is 35.6 Å². The molecule has 3 aromatic rings. The molecule has 0 atom stereocenters. The maximum atomic E-state index is 11.2. The van der Waals surface area contributed by atoms with Gasteiger partial charge in [0.1, 0.15) is 6.20 Å². The largest absolute Gasteiger partial charge is 0.372 e. The second kappa shape index (κ2) is 4.93. The van der Waals surface area contributed by atoms with Crippen LogP contribution in [0.4, 0.5) is 11.6 Å². The Morgan fingerprint density at radius 3 is 3.00 bits per heavy atom. The molecule has 0 saturated heterocycles. The van der Waals surface area contributed by atoms with Crippen molar-refractivity contribution in [3.63, 3.8) is 0 Å². The summed E-state index contributed by atoms with van der Waals surface area (Å²) >= 11 is 1.37. The lowest BCUT2D eigenvalue weighted by atomic mass is 10.1. The minimum atomic E-state index is -0.410.